The molecule has 10 heteroatoms. The Labute approximate surface area is 230 Å². The highest BCUT2D eigenvalue weighted by molar-refractivity contribution is 6.02. The molecule has 0 radical (unpaired) electrons. The molecule has 4 heterocycles. The van der Waals surface area contributed by atoms with Gasteiger partial charge in [-0.2, -0.15) is 5.10 Å². The summed E-state index contributed by atoms with van der Waals surface area (Å²) in [4.78, 5) is 43.3. The average molecular weight is 539 g/mol. The number of benzene rings is 1. The molecule has 3 fully saturated rings. The number of aromatic nitrogens is 2. The van der Waals surface area contributed by atoms with E-state index in [4.69, 9.17) is 4.74 Å². The van der Waals surface area contributed by atoms with E-state index in [1.165, 1.54) is 5.69 Å². The van der Waals surface area contributed by atoms with Crippen LogP contribution in [0.15, 0.2) is 18.2 Å². The molecule has 3 saturated heterocycles. The van der Waals surface area contributed by atoms with Gasteiger partial charge in [-0.15, -0.1) is 0 Å². The molecule has 0 bridgehead atoms. The minimum absolute atomic E-state index is 0.197. The highest BCUT2D eigenvalue weighted by Gasteiger charge is 2.34. The van der Waals surface area contributed by atoms with Crippen LogP contribution in [0.5, 0.6) is 0 Å². The SMILES string of the molecule is CC(C1CCN(C(=O)OC(C)(C)C)CC1)N1CCN(c2ccc3c(C4CCC(=O)NC4=O)nn(C)c3c2)CC1. The van der Waals surface area contributed by atoms with Gasteiger partial charge in [-0.3, -0.25) is 24.5 Å². The normalized spacial score (nSPS) is 22.7. The Morgan fingerprint density at radius 2 is 1.74 bits per heavy atom. The van der Waals surface area contributed by atoms with E-state index in [1.54, 1.807) is 0 Å². The Morgan fingerprint density at radius 3 is 2.38 bits per heavy atom. The lowest BCUT2D eigenvalue weighted by atomic mass is 9.89. The maximum atomic E-state index is 12.5. The van der Waals surface area contributed by atoms with Gasteiger partial charge >= 0.3 is 6.09 Å². The second-order valence-corrected chi connectivity index (χ2v) is 12.3. The number of likely N-dealkylation sites (tertiary alicyclic amines) is 1. The van der Waals surface area contributed by atoms with Crippen LogP contribution in [0.4, 0.5) is 10.5 Å². The molecule has 2 aromatic rings. The van der Waals surface area contributed by atoms with Gasteiger partial charge in [-0.1, -0.05) is 0 Å². The quantitative estimate of drug-likeness (QED) is 0.597. The van der Waals surface area contributed by atoms with Gasteiger partial charge in [0.05, 0.1) is 17.1 Å². The van der Waals surface area contributed by atoms with E-state index in [2.05, 4.69) is 45.3 Å². The lowest BCUT2D eigenvalue weighted by Gasteiger charge is -2.43. The summed E-state index contributed by atoms with van der Waals surface area (Å²) in [5, 5.41) is 8.11. The van der Waals surface area contributed by atoms with Gasteiger partial charge in [0.15, 0.2) is 0 Å². The van der Waals surface area contributed by atoms with Crippen LogP contribution in [0, 0.1) is 5.92 Å². The maximum absolute atomic E-state index is 12.5. The number of ether oxygens (including phenoxy) is 1. The number of hydrogen-bond acceptors (Lipinski definition) is 7. The molecule has 39 heavy (non-hydrogen) atoms. The molecule has 0 aliphatic carbocycles. The molecular formula is C29H42N6O4. The number of imide groups is 1. The van der Waals surface area contributed by atoms with Gasteiger partial charge in [-0.05, 0) is 71.1 Å². The van der Waals surface area contributed by atoms with Crippen LogP contribution in [0.25, 0.3) is 10.9 Å². The van der Waals surface area contributed by atoms with E-state index in [0.717, 1.165) is 68.7 Å². The molecule has 1 aromatic carbocycles. The molecule has 3 aliphatic heterocycles. The number of piperazine rings is 1. The van der Waals surface area contributed by atoms with Crippen LogP contribution in [-0.2, 0) is 21.4 Å². The lowest BCUT2D eigenvalue weighted by molar-refractivity contribution is -0.134. The van der Waals surface area contributed by atoms with Gasteiger partial charge < -0.3 is 14.5 Å². The largest absolute Gasteiger partial charge is 0.444 e. The number of fused-ring (bicyclic) bond motifs is 1. The van der Waals surface area contributed by atoms with Crippen molar-refractivity contribution in [2.75, 3.05) is 44.2 Å². The first-order chi connectivity index (χ1) is 18.5. The van der Waals surface area contributed by atoms with E-state index in [-0.39, 0.29) is 17.9 Å². The van der Waals surface area contributed by atoms with Crippen molar-refractivity contribution in [3.8, 4) is 0 Å². The lowest BCUT2D eigenvalue weighted by Crippen LogP contribution is -2.53. The third-order valence-electron chi connectivity index (χ3n) is 8.56. The monoisotopic (exact) mass is 538 g/mol. The summed E-state index contributed by atoms with van der Waals surface area (Å²) >= 11 is 0. The number of nitrogens with one attached hydrogen (secondary N) is 1. The summed E-state index contributed by atoms with van der Waals surface area (Å²) in [5.74, 6) is -0.278. The smallest absolute Gasteiger partial charge is 0.410 e. The number of nitrogens with zero attached hydrogens (tertiary/aromatic N) is 5. The summed E-state index contributed by atoms with van der Waals surface area (Å²) < 4.78 is 7.40. The molecular weight excluding hydrogens is 496 g/mol. The van der Waals surface area contributed by atoms with Crippen molar-refractivity contribution in [3.63, 3.8) is 0 Å². The second kappa shape index (κ2) is 10.8. The Hall–Kier alpha value is -3.14. The first-order valence-corrected chi connectivity index (χ1v) is 14.3. The van der Waals surface area contributed by atoms with Crippen LogP contribution in [0.2, 0.25) is 0 Å². The predicted octanol–water partition coefficient (Wildman–Crippen LogP) is 3.25. The van der Waals surface area contributed by atoms with Gasteiger partial charge in [0.1, 0.15) is 5.60 Å². The van der Waals surface area contributed by atoms with Crippen LogP contribution in [-0.4, -0.2) is 88.4 Å². The van der Waals surface area contributed by atoms with Crippen molar-refractivity contribution in [1.82, 2.24) is 24.9 Å². The number of anilines is 1. The summed E-state index contributed by atoms with van der Waals surface area (Å²) in [6, 6.07) is 6.85. The summed E-state index contributed by atoms with van der Waals surface area (Å²) in [7, 11) is 1.91. The van der Waals surface area contributed by atoms with Crippen molar-refractivity contribution >= 4 is 34.5 Å². The second-order valence-electron chi connectivity index (χ2n) is 12.3. The molecule has 10 nitrogen and oxygen atoms in total. The van der Waals surface area contributed by atoms with Gasteiger partial charge in [-0.25, -0.2) is 4.79 Å². The average Bonchev–Trinajstić information content (AvgIpc) is 3.23. The van der Waals surface area contributed by atoms with E-state index in [1.807, 2.05) is 37.4 Å². The van der Waals surface area contributed by atoms with Crippen LogP contribution >= 0.6 is 0 Å². The first-order valence-electron chi connectivity index (χ1n) is 14.3. The number of aryl methyl sites for hydroxylation is 1. The molecule has 2 unspecified atom stereocenters. The fraction of sp³-hybridized carbons (Fsp3) is 0.655. The zero-order valence-electron chi connectivity index (χ0n) is 23.9. The van der Waals surface area contributed by atoms with Crippen molar-refractivity contribution < 1.29 is 19.1 Å². The number of carbonyl (C=O) groups excluding carboxylic acids is 3. The van der Waals surface area contributed by atoms with E-state index < -0.39 is 11.5 Å². The number of carbonyl (C=O) groups is 3. The summed E-state index contributed by atoms with van der Waals surface area (Å²) in [6.45, 7) is 13.5. The number of amides is 3. The Bertz CT molecular complexity index is 1230. The number of piperidine rings is 2. The standard InChI is InChI=1S/C29H42N6O4/c1-19(20-10-12-35(13-11-20)28(38)39-29(2,3)4)33-14-16-34(17-15-33)21-6-7-22-24(18-21)32(5)31-26(22)23-8-9-25(36)30-27(23)37/h6-7,18-20,23H,8-17H2,1-5H3,(H,30,36,37). The van der Waals surface area contributed by atoms with Crippen molar-refractivity contribution in [2.45, 2.75) is 70.9 Å². The predicted molar refractivity (Wildman–Crippen MR) is 150 cm³/mol. The van der Waals surface area contributed by atoms with Crippen LogP contribution in [0.3, 0.4) is 0 Å². The molecule has 3 aliphatic rings. The number of rotatable bonds is 4. The fourth-order valence-electron chi connectivity index (χ4n) is 6.26. The molecule has 1 aromatic heterocycles. The van der Waals surface area contributed by atoms with Crippen LogP contribution in [0.1, 0.15) is 65.0 Å². The minimum Gasteiger partial charge on any atom is -0.444 e. The Balaban J connectivity index is 1.17. The molecule has 212 valence electrons. The van der Waals surface area contributed by atoms with Gasteiger partial charge in [0, 0.05) is 69.9 Å². The topological polar surface area (TPSA) is 100 Å². The van der Waals surface area contributed by atoms with E-state index >= 15 is 0 Å². The third kappa shape index (κ3) is 5.90. The Kier molecular flexibility index (Phi) is 7.59. The van der Waals surface area contributed by atoms with Crippen LogP contribution < -0.4 is 10.2 Å². The maximum Gasteiger partial charge on any atom is 0.410 e. The molecule has 1 N–H and O–H groups in total. The van der Waals surface area contributed by atoms with Crippen molar-refractivity contribution in [2.24, 2.45) is 13.0 Å². The summed E-state index contributed by atoms with van der Waals surface area (Å²) in [6.07, 6.45) is 2.66. The van der Waals surface area contributed by atoms with Gasteiger partial charge in [0.25, 0.3) is 0 Å². The molecule has 0 saturated carbocycles. The summed E-state index contributed by atoms with van der Waals surface area (Å²) in [5.41, 5.74) is 2.45. The molecule has 5 rings (SSSR count). The highest BCUT2D eigenvalue weighted by atomic mass is 16.6. The fourth-order valence-corrected chi connectivity index (χ4v) is 6.26. The van der Waals surface area contributed by atoms with Gasteiger partial charge in [0.2, 0.25) is 11.8 Å². The first kappa shape index (κ1) is 27.4. The van der Waals surface area contributed by atoms with Crippen molar-refractivity contribution in [3.05, 3.63) is 23.9 Å². The molecule has 2 atom stereocenters. The molecule has 0 spiro atoms. The third-order valence-corrected chi connectivity index (χ3v) is 8.56. The Morgan fingerprint density at radius 1 is 1.05 bits per heavy atom. The zero-order chi connectivity index (χ0) is 27.9. The zero-order valence-corrected chi connectivity index (χ0v) is 23.9. The van der Waals surface area contributed by atoms with E-state index in [0.29, 0.717) is 24.8 Å². The molecule has 3 amide bonds. The van der Waals surface area contributed by atoms with E-state index in [9.17, 15) is 14.4 Å². The minimum atomic E-state index is -0.460. The number of hydrogen-bond donors (Lipinski definition) is 1. The highest BCUT2D eigenvalue weighted by Crippen LogP contribution is 2.33. The van der Waals surface area contributed by atoms with Crippen molar-refractivity contribution in [1.29, 1.82) is 0 Å².